The van der Waals surface area contributed by atoms with Crippen molar-refractivity contribution in [3.63, 3.8) is 0 Å². The van der Waals surface area contributed by atoms with Crippen molar-refractivity contribution in [2.45, 2.75) is 71.4 Å². The molecule has 0 heterocycles. The van der Waals surface area contributed by atoms with Crippen LogP contribution in [0.3, 0.4) is 0 Å². The Balaban J connectivity index is 3.78. The Morgan fingerprint density at radius 3 is 2.44 bits per heavy atom. The second-order valence-electron chi connectivity index (χ2n) is 4.94. The summed E-state index contributed by atoms with van der Waals surface area (Å²) >= 11 is 0. The van der Waals surface area contributed by atoms with Gasteiger partial charge in [-0.2, -0.15) is 0 Å². The SMILES string of the molecule is CCCCCCC(C)OC(=O)C(C)(C)NC. The van der Waals surface area contributed by atoms with Crippen molar-refractivity contribution in [3.8, 4) is 0 Å². The van der Waals surface area contributed by atoms with Gasteiger partial charge in [0, 0.05) is 0 Å². The summed E-state index contributed by atoms with van der Waals surface area (Å²) in [5, 5.41) is 2.95. The molecule has 0 aliphatic rings. The maximum atomic E-state index is 11.7. The molecule has 0 saturated heterocycles. The monoisotopic (exact) mass is 229 g/mol. The van der Waals surface area contributed by atoms with Crippen LogP contribution in [0.1, 0.15) is 59.8 Å². The highest BCUT2D eigenvalue weighted by molar-refractivity contribution is 5.79. The lowest BCUT2D eigenvalue weighted by Crippen LogP contribution is -2.46. The topological polar surface area (TPSA) is 38.3 Å². The van der Waals surface area contributed by atoms with Gasteiger partial charge in [-0.1, -0.05) is 26.2 Å². The van der Waals surface area contributed by atoms with Crippen molar-refractivity contribution in [1.29, 1.82) is 0 Å². The van der Waals surface area contributed by atoms with Crippen LogP contribution < -0.4 is 5.32 Å². The van der Waals surface area contributed by atoms with Crippen LogP contribution in [-0.2, 0) is 9.53 Å². The predicted molar refractivity (Wildman–Crippen MR) is 67.5 cm³/mol. The van der Waals surface area contributed by atoms with Gasteiger partial charge in [-0.25, -0.2) is 0 Å². The smallest absolute Gasteiger partial charge is 0.326 e. The normalized spacial score (nSPS) is 13.6. The zero-order chi connectivity index (χ0) is 12.6. The van der Waals surface area contributed by atoms with Crippen molar-refractivity contribution >= 4 is 5.97 Å². The molecule has 0 amide bonds. The van der Waals surface area contributed by atoms with Gasteiger partial charge in [0.05, 0.1) is 6.10 Å². The van der Waals surface area contributed by atoms with Crippen molar-refractivity contribution < 1.29 is 9.53 Å². The highest BCUT2D eigenvalue weighted by Crippen LogP contribution is 2.11. The van der Waals surface area contributed by atoms with E-state index in [4.69, 9.17) is 4.74 Å². The van der Waals surface area contributed by atoms with E-state index in [0.717, 1.165) is 12.8 Å². The van der Waals surface area contributed by atoms with Crippen molar-refractivity contribution in [3.05, 3.63) is 0 Å². The summed E-state index contributed by atoms with van der Waals surface area (Å²) < 4.78 is 5.38. The number of ether oxygens (including phenoxy) is 1. The Morgan fingerprint density at radius 2 is 1.94 bits per heavy atom. The van der Waals surface area contributed by atoms with Crippen LogP contribution in [0.4, 0.5) is 0 Å². The number of hydrogen-bond acceptors (Lipinski definition) is 3. The Hall–Kier alpha value is -0.570. The molecule has 0 aromatic heterocycles. The summed E-state index contributed by atoms with van der Waals surface area (Å²) in [5.41, 5.74) is -0.586. The second-order valence-corrected chi connectivity index (χ2v) is 4.94. The van der Waals surface area contributed by atoms with Gasteiger partial charge in [-0.15, -0.1) is 0 Å². The molecule has 3 nitrogen and oxygen atoms in total. The van der Waals surface area contributed by atoms with Crippen LogP contribution >= 0.6 is 0 Å². The van der Waals surface area contributed by atoms with E-state index in [2.05, 4.69) is 12.2 Å². The van der Waals surface area contributed by atoms with Gasteiger partial charge in [-0.3, -0.25) is 4.79 Å². The van der Waals surface area contributed by atoms with Crippen LogP contribution in [0.5, 0.6) is 0 Å². The fraction of sp³-hybridized carbons (Fsp3) is 0.923. The fourth-order valence-electron chi connectivity index (χ4n) is 1.35. The van der Waals surface area contributed by atoms with E-state index >= 15 is 0 Å². The van der Waals surface area contributed by atoms with E-state index in [1.165, 1.54) is 19.3 Å². The summed E-state index contributed by atoms with van der Waals surface area (Å²) in [4.78, 5) is 11.7. The van der Waals surface area contributed by atoms with Crippen LogP contribution in [0.15, 0.2) is 0 Å². The van der Waals surface area contributed by atoms with E-state index in [-0.39, 0.29) is 12.1 Å². The zero-order valence-electron chi connectivity index (χ0n) is 11.4. The molecule has 1 unspecified atom stereocenters. The maximum absolute atomic E-state index is 11.7. The first kappa shape index (κ1) is 15.4. The summed E-state index contributed by atoms with van der Waals surface area (Å²) in [7, 11) is 1.77. The van der Waals surface area contributed by atoms with Crippen LogP contribution in [-0.4, -0.2) is 24.7 Å². The summed E-state index contributed by atoms with van der Waals surface area (Å²) in [5.74, 6) is -0.169. The molecule has 0 saturated carbocycles. The van der Waals surface area contributed by atoms with Gasteiger partial charge in [-0.05, 0) is 40.7 Å². The van der Waals surface area contributed by atoms with Crippen molar-refractivity contribution in [2.24, 2.45) is 0 Å². The molecule has 0 aromatic rings. The maximum Gasteiger partial charge on any atom is 0.326 e. The molecule has 0 radical (unpaired) electrons. The minimum absolute atomic E-state index is 0.0250. The lowest BCUT2D eigenvalue weighted by atomic mass is 10.1. The van der Waals surface area contributed by atoms with Crippen LogP contribution in [0.25, 0.3) is 0 Å². The molecule has 16 heavy (non-hydrogen) atoms. The fourth-order valence-corrected chi connectivity index (χ4v) is 1.35. The minimum Gasteiger partial charge on any atom is -0.461 e. The molecule has 0 aliphatic heterocycles. The van der Waals surface area contributed by atoms with Gasteiger partial charge in [0.1, 0.15) is 5.54 Å². The van der Waals surface area contributed by atoms with E-state index in [0.29, 0.717) is 0 Å². The molecule has 96 valence electrons. The van der Waals surface area contributed by atoms with Gasteiger partial charge in [0.25, 0.3) is 0 Å². The highest BCUT2D eigenvalue weighted by atomic mass is 16.5. The molecular formula is C13H27NO2. The molecule has 0 bridgehead atoms. The standard InChI is InChI=1S/C13H27NO2/c1-6-7-8-9-10-11(2)16-12(15)13(3,4)14-5/h11,14H,6-10H2,1-5H3. The van der Waals surface area contributed by atoms with Crippen molar-refractivity contribution in [1.82, 2.24) is 5.32 Å². The predicted octanol–water partition coefficient (Wildman–Crippen LogP) is 2.89. The third kappa shape index (κ3) is 6.11. The number of rotatable bonds is 8. The minimum atomic E-state index is -0.586. The number of likely N-dealkylation sites (N-methyl/N-ethyl adjacent to an activating group) is 1. The first-order valence-electron chi connectivity index (χ1n) is 6.34. The number of carbonyl (C=O) groups is 1. The summed E-state index contributed by atoms with van der Waals surface area (Å²) in [6.45, 7) is 7.83. The quantitative estimate of drug-likeness (QED) is 0.514. The van der Waals surface area contributed by atoms with Gasteiger partial charge in [0.2, 0.25) is 0 Å². The van der Waals surface area contributed by atoms with Gasteiger partial charge >= 0.3 is 5.97 Å². The zero-order valence-corrected chi connectivity index (χ0v) is 11.4. The van der Waals surface area contributed by atoms with Gasteiger partial charge < -0.3 is 10.1 Å². The number of carbonyl (C=O) groups excluding carboxylic acids is 1. The Bertz CT molecular complexity index is 202. The highest BCUT2D eigenvalue weighted by Gasteiger charge is 2.28. The molecule has 0 fully saturated rings. The van der Waals surface area contributed by atoms with E-state index in [9.17, 15) is 4.79 Å². The molecule has 1 N–H and O–H groups in total. The molecule has 0 spiro atoms. The average molecular weight is 229 g/mol. The van der Waals surface area contributed by atoms with E-state index in [1.54, 1.807) is 7.05 Å². The molecule has 3 heteroatoms. The first-order chi connectivity index (χ1) is 7.44. The summed E-state index contributed by atoms with van der Waals surface area (Å²) in [6.07, 6.45) is 5.86. The second kappa shape index (κ2) is 7.66. The van der Waals surface area contributed by atoms with Crippen LogP contribution in [0, 0.1) is 0 Å². The van der Waals surface area contributed by atoms with E-state index < -0.39 is 5.54 Å². The first-order valence-corrected chi connectivity index (χ1v) is 6.34. The molecule has 0 aliphatic carbocycles. The molecule has 1 atom stereocenters. The summed E-state index contributed by atoms with van der Waals surface area (Å²) in [6, 6.07) is 0. The van der Waals surface area contributed by atoms with Crippen LogP contribution in [0.2, 0.25) is 0 Å². The molecule has 0 aromatic carbocycles. The Kier molecular flexibility index (Phi) is 7.39. The van der Waals surface area contributed by atoms with Crippen molar-refractivity contribution in [2.75, 3.05) is 7.05 Å². The lowest BCUT2D eigenvalue weighted by molar-refractivity contribution is -0.155. The van der Waals surface area contributed by atoms with Gasteiger partial charge in [0.15, 0.2) is 0 Å². The average Bonchev–Trinajstić information content (AvgIpc) is 2.24. The number of unbranched alkanes of at least 4 members (excludes halogenated alkanes) is 3. The third-order valence-corrected chi connectivity index (χ3v) is 2.91. The molecule has 0 rings (SSSR count). The Labute approximate surface area is 99.9 Å². The molecular weight excluding hydrogens is 202 g/mol. The largest absolute Gasteiger partial charge is 0.461 e. The van der Waals surface area contributed by atoms with E-state index in [1.807, 2.05) is 20.8 Å². The number of esters is 1. The third-order valence-electron chi connectivity index (χ3n) is 2.91. The lowest BCUT2D eigenvalue weighted by Gasteiger charge is -2.24. The number of hydrogen-bond donors (Lipinski definition) is 1. The Morgan fingerprint density at radius 1 is 1.31 bits per heavy atom. The number of nitrogens with one attached hydrogen (secondary N) is 1.